The summed E-state index contributed by atoms with van der Waals surface area (Å²) >= 11 is 0. The van der Waals surface area contributed by atoms with Gasteiger partial charge in [0.2, 0.25) is 10.0 Å². The Bertz CT molecular complexity index is 801. The Hall–Kier alpha value is -1.54. The number of aromatic nitrogens is 1. The van der Waals surface area contributed by atoms with Crippen LogP contribution in [-0.4, -0.2) is 57.1 Å². The van der Waals surface area contributed by atoms with Crippen LogP contribution in [0.3, 0.4) is 0 Å². The van der Waals surface area contributed by atoms with Crippen LogP contribution in [0.5, 0.6) is 0 Å². The van der Waals surface area contributed by atoms with Crippen molar-refractivity contribution in [1.82, 2.24) is 14.6 Å². The van der Waals surface area contributed by atoms with Crippen LogP contribution in [0.1, 0.15) is 5.56 Å². The molecule has 1 aliphatic rings. The van der Waals surface area contributed by atoms with Gasteiger partial charge in [0.05, 0.1) is 18.7 Å². The molecule has 1 aromatic heterocycles. The minimum Gasteiger partial charge on any atom is -0.378 e. The predicted molar refractivity (Wildman–Crippen MR) is 88.9 cm³/mol. The number of nitrogens with zero attached hydrogens (tertiary/aromatic N) is 2. The highest BCUT2D eigenvalue weighted by Gasteiger charge is 2.28. The fourth-order valence-corrected chi connectivity index (χ4v) is 4.42. The maximum atomic E-state index is 13.1. The molecule has 6 nitrogen and oxygen atoms in total. The molecule has 1 unspecified atom stereocenters. The molecule has 3 rings (SSSR count). The lowest BCUT2D eigenvalue weighted by Gasteiger charge is -2.28. The van der Waals surface area contributed by atoms with E-state index in [0.717, 1.165) is 11.9 Å². The molecule has 0 aliphatic carbocycles. The zero-order valence-corrected chi connectivity index (χ0v) is 14.1. The second-order valence-electron chi connectivity index (χ2n) is 5.80. The van der Waals surface area contributed by atoms with Gasteiger partial charge in [0.1, 0.15) is 4.90 Å². The summed E-state index contributed by atoms with van der Waals surface area (Å²) in [5.41, 5.74) is 1.23. The van der Waals surface area contributed by atoms with Crippen molar-refractivity contribution in [3.05, 3.63) is 36.0 Å². The molecule has 1 atom stereocenters. The number of sulfonamides is 1. The quantitative estimate of drug-likeness (QED) is 0.908. The Morgan fingerprint density at radius 2 is 2.22 bits per heavy atom. The molecular weight excluding hydrogens is 314 g/mol. The second kappa shape index (κ2) is 6.52. The van der Waals surface area contributed by atoms with E-state index in [1.807, 2.05) is 18.2 Å². The molecule has 2 heterocycles. The lowest BCUT2D eigenvalue weighted by atomic mass is 10.1. The average Bonchev–Trinajstić information content (AvgIpc) is 2.55. The lowest BCUT2D eigenvalue weighted by Crippen LogP contribution is -2.48. The molecule has 124 valence electrons. The number of benzene rings is 1. The normalized spacial score (nSPS) is 19.3. The number of morpholine rings is 1. The van der Waals surface area contributed by atoms with E-state index >= 15 is 0 Å². The van der Waals surface area contributed by atoms with Gasteiger partial charge in [-0.05, 0) is 18.6 Å². The minimum absolute atomic E-state index is 0.00627. The van der Waals surface area contributed by atoms with Crippen LogP contribution in [0.2, 0.25) is 0 Å². The van der Waals surface area contributed by atoms with Gasteiger partial charge in [-0.25, -0.2) is 8.42 Å². The maximum absolute atomic E-state index is 13.1. The van der Waals surface area contributed by atoms with E-state index in [-0.39, 0.29) is 10.9 Å². The van der Waals surface area contributed by atoms with Crippen molar-refractivity contribution in [3.8, 4) is 0 Å². The third kappa shape index (κ3) is 3.23. The van der Waals surface area contributed by atoms with Crippen LogP contribution < -0.4 is 5.32 Å². The molecule has 1 saturated heterocycles. The van der Waals surface area contributed by atoms with E-state index in [0.29, 0.717) is 30.8 Å². The summed E-state index contributed by atoms with van der Waals surface area (Å²) in [5, 5.41) is 4.10. The highest BCUT2D eigenvalue weighted by molar-refractivity contribution is 7.89. The van der Waals surface area contributed by atoms with Crippen molar-refractivity contribution in [2.75, 3.05) is 33.4 Å². The molecule has 1 aliphatic heterocycles. The topological polar surface area (TPSA) is 71.5 Å². The van der Waals surface area contributed by atoms with Gasteiger partial charge < -0.3 is 10.1 Å². The van der Waals surface area contributed by atoms with E-state index < -0.39 is 10.0 Å². The van der Waals surface area contributed by atoms with Gasteiger partial charge in [-0.2, -0.15) is 4.31 Å². The number of hydrogen-bond donors (Lipinski definition) is 1. The highest BCUT2D eigenvalue weighted by Crippen LogP contribution is 2.27. The summed E-state index contributed by atoms with van der Waals surface area (Å²) in [6.45, 7) is 4.10. The summed E-state index contributed by atoms with van der Waals surface area (Å²) in [6.07, 6.45) is 1.62. The number of aryl methyl sites for hydroxylation is 1. The first-order chi connectivity index (χ1) is 11.0. The molecule has 7 heteroatoms. The highest BCUT2D eigenvalue weighted by atomic mass is 32.2. The summed E-state index contributed by atoms with van der Waals surface area (Å²) in [7, 11) is -2.02. The smallest absolute Gasteiger partial charge is 0.245 e. The largest absolute Gasteiger partial charge is 0.378 e. The number of fused-ring (bicyclic) bond motifs is 1. The molecular formula is C16H21N3O3S. The third-order valence-corrected chi connectivity index (χ3v) is 6.07. The Kier molecular flexibility index (Phi) is 4.63. The Morgan fingerprint density at radius 3 is 2.96 bits per heavy atom. The van der Waals surface area contributed by atoms with Gasteiger partial charge in [0.25, 0.3) is 0 Å². The van der Waals surface area contributed by atoms with E-state index in [2.05, 4.69) is 10.3 Å². The molecule has 0 spiro atoms. The monoisotopic (exact) mass is 335 g/mol. The van der Waals surface area contributed by atoms with Crippen LogP contribution in [0.25, 0.3) is 10.9 Å². The van der Waals surface area contributed by atoms with Crippen LogP contribution in [0.15, 0.2) is 35.4 Å². The van der Waals surface area contributed by atoms with Crippen LogP contribution in [0.4, 0.5) is 0 Å². The van der Waals surface area contributed by atoms with Crippen molar-refractivity contribution in [2.24, 2.45) is 0 Å². The van der Waals surface area contributed by atoms with Crippen molar-refractivity contribution in [1.29, 1.82) is 0 Å². The molecule has 0 radical (unpaired) electrons. The fraction of sp³-hybridized carbons (Fsp3) is 0.438. The molecule has 0 saturated carbocycles. The molecule has 0 bridgehead atoms. The number of hydrogen-bond acceptors (Lipinski definition) is 5. The standard InChI is InChI=1S/C16H21N3O3S/c1-12-5-6-13-4-3-7-18-15(13)16(12)23(20,21)19(2)10-14-11-22-9-8-17-14/h3-7,14,17H,8-11H2,1-2H3. The maximum Gasteiger partial charge on any atom is 0.245 e. The van der Waals surface area contributed by atoms with Crippen molar-refractivity contribution >= 4 is 20.9 Å². The number of likely N-dealkylation sites (N-methyl/N-ethyl adjacent to an activating group) is 1. The number of rotatable bonds is 4. The van der Waals surface area contributed by atoms with Crippen molar-refractivity contribution in [3.63, 3.8) is 0 Å². The second-order valence-corrected chi connectivity index (χ2v) is 7.78. The number of nitrogens with one attached hydrogen (secondary N) is 1. The molecule has 1 aromatic carbocycles. The molecule has 23 heavy (non-hydrogen) atoms. The zero-order chi connectivity index (χ0) is 16.4. The average molecular weight is 335 g/mol. The lowest BCUT2D eigenvalue weighted by molar-refractivity contribution is 0.0721. The first kappa shape index (κ1) is 16.3. The predicted octanol–water partition coefficient (Wildman–Crippen LogP) is 1.15. The fourth-order valence-electron chi connectivity index (χ4n) is 2.85. The minimum atomic E-state index is -3.62. The van der Waals surface area contributed by atoms with Crippen LogP contribution >= 0.6 is 0 Å². The number of pyridine rings is 1. The van der Waals surface area contributed by atoms with E-state index in [1.165, 1.54) is 4.31 Å². The first-order valence-electron chi connectivity index (χ1n) is 7.62. The SMILES string of the molecule is Cc1ccc2cccnc2c1S(=O)(=O)N(C)CC1COCCN1. The Balaban J connectivity index is 1.97. The van der Waals surface area contributed by atoms with Gasteiger partial charge in [0, 0.05) is 37.8 Å². The van der Waals surface area contributed by atoms with Crippen molar-refractivity contribution < 1.29 is 13.2 Å². The summed E-state index contributed by atoms with van der Waals surface area (Å²) in [5.74, 6) is 0. The first-order valence-corrected chi connectivity index (χ1v) is 9.06. The third-order valence-electron chi connectivity index (χ3n) is 4.07. The molecule has 0 amide bonds. The Labute approximate surface area is 136 Å². The summed E-state index contributed by atoms with van der Waals surface area (Å²) in [4.78, 5) is 4.58. The van der Waals surface area contributed by atoms with Gasteiger partial charge >= 0.3 is 0 Å². The summed E-state index contributed by atoms with van der Waals surface area (Å²) in [6, 6.07) is 7.41. The Morgan fingerprint density at radius 1 is 1.39 bits per heavy atom. The molecule has 1 fully saturated rings. The van der Waals surface area contributed by atoms with Crippen molar-refractivity contribution in [2.45, 2.75) is 17.9 Å². The molecule has 1 N–H and O–H groups in total. The van der Waals surface area contributed by atoms with Gasteiger partial charge in [-0.3, -0.25) is 4.98 Å². The van der Waals surface area contributed by atoms with E-state index in [4.69, 9.17) is 4.74 Å². The van der Waals surface area contributed by atoms with Gasteiger partial charge in [-0.15, -0.1) is 0 Å². The van der Waals surface area contributed by atoms with Gasteiger partial charge in [0.15, 0.2) is 0 Å². The van der Waals surface area contributed by atoms with Crippen LogP contribution in [0, 0.1) is 6.92 Å². The number of ether oxygens (including phenoxy) is 1. The van der Waals surface area contributed by atoms with E-state index in [9.17, 15) is 8.42 Å². The van der Waals surface area contributed by atoms with Crippen LogP contribution in [-0.2, 0) is 14.8 Å². The van der Waals surface area contributed by atoms with E-state index in [1.54, 1.807) is 26.2 Å². The molecule has 2 aromatic rings. The van der Waals surface area contributed by atoms with Gasteiger partial charge in [-0.1, -0.05) is 18.2 Å². The summed E-state index contributed by atoms with van der Waals surface area (Å²) < 4.78 is 32.9. The zero-order valence-electron chi connectivity index (χ0n) is 13.3.